The maximum atomic E-state index is 8.79. The van der Waals surface area contributed by atoms with Crippen LogP contribution in [0.5, 0.6) is 0 Å². The first-order valence-electron chi connectivity index (χ1n) is 5.53. The third-order valence-corrected chi connectivity index (χ3v) is 2.84. The Morgan fingerprint density at radius 1 is 1.06 bits per heavy atom. The summed E-state index contributed by atoms with van der Waals surface area (Å²) in [4.78, 5) is 4.31. The topological polar surface area (TPSA) is 67.6 Å². The van der Waals surface area contributed by atoms with Gasteiger partial charge >= 0.3 is 0 Å². The van der Waals surface area contributed by atoms with Crippen LogP contribution in [-0.2, 0) is 0 Å². The summed E-state index contributed by atoms with van der Waals surface area (Å²) in [7, 11) is 0. The zero-order chi connectivity index (χ0) is 12.5. The molecule has 1 aromatic heterocycles. The molecule has 0 aliphatic heterocycles. The molecular formula is C14H10N4. The van der Waals surface area contributed by atoms with E-state index in [0.717, 1.165) is 16.7 Å². The lowest BCUT2D eigenvalue weighted by Crippen LogP contribution is -2.00. The van der Waals surface area contributed by atoms with E-state index in [1.54, 1.807) is 12.1 Å². The molecule has 0 unspecified atom stereocenters. The summed E-state index contributed by atoms with van der Waals surface area (Å²) in [5.74, 6) is 0.445. The first kappa shape index (κ1) is 10.4. The highest BCUT2D eigenvalue weighted by Gasteiger charge is 2.08. The van der Waals surface area contributed by atoms with Gasteiger partial charge in [0.05, 0.1) is 22.7 Å². The summed E-state index contributed by atoms with van der Waals surface area (Å²) in [6.45, 7) is 0. The van der Waals surface area contributed by atoms with Gasteiger partial charge in [0, 0.05) is 5.69 Å². The van der Waals surface area contributed by atoms with E-state index in [0.29, 0.717) is 11.5 Å². The third-order valence-electron chi connectivity index (χ3n) is 2.84. The van der Waals surface area contributed by atoms with Gasteiger partial charge in [0.15, 0.2) is 0 Å². The molecule has 0 saturated heterocycles. The number of para-hydroxylation sites is 2. The predicted octanol–water partition coefficient (Wildman–Crippen LogP) is 2.48. The minimum Gasteiger partial charge on any atom is -0.369 e. The van der Waals surface area contributed by atoms with Crippen LogP contribution in [0.25, 0.3) is 16.7 Å². The second kappa shape index (κ2) is 3.90. The van der Waals surface area contributed by atoms with Gasteiger partial charge in [-0.1, -0.05) is 12.1 Å². The van der Waals surface area contributed by atoms with Crippen LogP contribution >= 0.6 is 0 Å². The lowest BCUT2D eigenvalue weighted by molar-refractivity contribution is 1.11. The monoisotopic (exact) mass is 234 g/mol. The second-order valence-corrected chi connectivity index (χ2v) is 3.95. The van der Waals surface area contributed by atoms with Crippen molar-refractivity contribution in [2.45, 2.75) is 0 Å². The number of nitrogens with two attached hydrogens (primary N) is 1. The van der Waals surface area contributed by atoms with Gasteiger partial charge in [0.1, 0.15) is 0 Å². The molecule has 0 atom stereocenters. The number of hydrogen-bond acceptors (Lipinski definition) is 3. The first-order valence-corrected chi connectivity index (χ1v) is 5.53. The first-order chi connectivity index (χ1) is 8.79. The molecule has 0 bridgehead atoms. The summed E-state index contributed by atoms with van der Waals surface area (Å²) in [6, 6.07) is 17.1. The molecule has 0 spiro atoms. The van der Waals surface area contributed by atoms with Crippen molar-refractivity contribution in [2.75, 3.05) is 5.73 Å². The molecule has 0 fully saturated rings. The number of nitrogen functional groups attached to an aromatic ring is 1. The van der Waals surface area contributed by atoms with Crippen LogP contribution in [0.1, 0.15) is 5.56 Å². The van der Waals surface area contributed by atoms with Gasteiger partial charge in [0.25, 0.3) is 0 Å². The Kier molecular flexibility index (Phi) is 2.24. The Morgan fingerprint density at radius 2 is 1.78 bits per heavy atom. The minimum atomic E-state index is 0.445. The van der Waals surface area contributed by atoms with Gasteiger partial charge in [-0.15, -0.1) is 0 Å². The van der Waals surface area contributed by atoms with Crippen LogP contribution in [-0.4, -0.2) is 9.55 Å². The smallest absolute Gasteiger partial charge is 0.205 e. The number of rotatable bonds is 1. The third kappa shape index (κ3) is 1.50. The normalized spacial score (nSPS) is 10.4. The minimum absolute atomic E-state index is 0.445. The van der Waals surface area contributed by atoms with Crippen LogP contribution in [0.3, 0.4) is 0 Å². The maximum absolute atomic E-state index is 8.79. The van der Waals surface area contributed by atoms with Crippen molar-refractivity contribution >= 4 is 17.0 Å². The van der Waals surface area contributed by atoms with E-state index >= 15 is 0 Å². The molecule has 2 aromatic carbocycles. The van der Waals surface area contributed by atoms with Crippen molar-refractivity contribution in [3.05, 3.63) is 54.1 Å². The number of hydrogen-bond donors (Lipinski definition) is 1. The van der Waals surface area contributed by atoms with Gasteiger partial charge in [0.2, 0.25) is 5.95 Å². The van der Waals surface area contributed by atoms with Crippen molar-refractivity contribution in [1.82, 2.24) is 9.55 Å². The summed E-state index contributed by atoms with van der Waals surface area (Å²) < 4.78 is 1.87. The van der Waals surface area contributed by atoms with E-state index in [1.165, 1.54) is 0 Å². The van der Waals surface area contributed by atoms with E-state index < -0.39 is 0 Å². The van der Waals surface area contributed by atoms with Crippen LogP contribution < -0.4 is 5.73 Å². The van der Waals surface area contributed by atoms with E-state index in [9.17, 15) is 0 Å². The van der Waals surface area contributed by atoms with Gasteiger partial charge in [-0.25, -0.2) is 4.98 Å². The molecule has 3 rings (SSSR count). The van der Waals surface area contributed by atoms with Crippen molar-refractivity contribution in [3.63, 3.8) is 0 Å². The van der Waals surface area contributed by atoms with E-state index in [2.05, 4.69) is 11.1 Å². The Bertz CT molecular complexity index is 748. The fourth-order valence-corrected chi connectivity index (χ4v) is 2.00. The molecule has 86 valence electrons. The van der Waals surface area contributed by atoms with Crippen LogP contribution in [0.4, 0.5) is 5.95 Å². The molecule has 0 aliphatic rings. The zero-order valence-electron chi connectivity index (χ0n) is 9.54. The highest BCUT2D eigenvalue weighted by Crippen LogP contribution is 2.22. The zero-order valence-corrected chi connectivity index (χ0v) is 9.54. The average molecular weight is 234 g/mol. The molecule has 4 heteroatoms. The standard InChI is InChI=1S/C14H10N4/c15-9-10-5-7-11(8-6-10)18-13-4-2-1-3-12(13)17-14(18)16/h1-8H,(H2,16,17). The largest absolute Gasteiger partial charge is 0.369 e. The van der Waals surface area contributed by atoms with Crippen molar-refractivity contribution in [3.8, 4) is 11.8 Å². The number of imidazole rings is 1. The SMILES string of the molecule is N#Cc1ccc(-n2c(N)nc3ccccc32)cc1. The molecular weight excluding hydrogens is 224 g/mol. The number of nitrogens with zero attached hydrogens (tertiary/aromatic N) is 3. The van der Waals surface area contributed by atoms with Gasteiger partial charge < -0.3 is 5.73 Å². The predicted molar refractivity (Wildman–Crippen MR) is 70.2 cm³/mol. The summed E-state index contributed by atoms with van der Waals surface area (Å²) in [6.07, 6.45) is 0. The highest BCUT2D eigenvalue weighted by atomic mass is 15.2. The maximum Gasteiger partial charge on any atom is 0.205 e. The molecule has 2 N–H and O–H groups in total. The van der Waals surface area contributed by atoms with Gasteiger partial charge in [-0.2, -0.15) is 5.26 Å². The quantitative estimate of drug-likeness (QED) is 0.703. The van der Waals surface area contributed by atoms with Crippen LogP contribution in [0, 0.1) is 11.3 Å². The van der Waals surface area contributed by atoms with Gasteiger partial charge in [-0.3, -0.25) is 4.57 Å². The molecule has 0 saturated carbocycles. The molecule has 4 nitrogen and oxygen atoms in total. The molecule has 3 aromatic rings. The number of anilines is 1. The lowest BCUT2D eigenvalue weighted by Gasteiger charge is -2.06. The summed E-state index contributed by atoms with van der Waals surface area (Å²) >= 11 is 0. The highest BCUT2D eigenvalue weighted by molar-refractivity contribution is 5.80. The Balaban J connectivity index is 2.24. The van der Waals surface area contributed by atoms with Gasteiger partial charge in [-0.05, 0) is 36.4 Å². The van der Waals surface area contributed by atoms with E-state index in [-0.39, 0.29) is 0 Å². The number of aromatic nitrogens is 2. The number of fused-ring (bicyclic) bond motifs is 1. The van der Waals surface area contributed by atoms with Crippen LogP contribution in [0.15, 0.2) is 48.5 Å². The van der Waals surface area contributed by atoms with Crippen molar-refractivity contribution < 1.29 is 0 Å². The Labute approximate surface area is 104 Å². The lowest BCUT2D eigenvalue weighted by atomic mass is 10.2. The van der Waals surface area contributed by atoms with Crippen molar-refractivity contribution in [1.29, 1.82) is 5.26 Å². The van der Waals surface area contributed by atoms with E-state index in [1.807, 2.05) is 41.0 Å². The number of nitriles is 1. The molecule has 0 aliphatic carbocycles. The fraction of sp³-hybridized carbons (Fsp3) is 0. The molecule has 18 heavy (non-hydrogen) atoms. The molecule has 0 amide bonds. The van der Waals surface area contributed by atoms with Crippen LogP contribution in [0.2, 0.25) is 0 Å². The Hall–Kier alpha value is -2.80. The van der Waals surface area contributed by atoms with E-state index in [4.69, 9.17) is 11.0 Å². The molecule has 0 radical (unpaired) electrons. The Morgan fingerprint density at radius 3 is 2.50 bits per heavy atom. The second-order valence-electron chi connectivity index (χ2n) is 3.95. The summed E-state index contributed by atoms with van der Waals surface area (Å²) in [5, 5.41) is 8.79. The number of benzene rings is 2. The average Bonchev–Trinajstić information content (AvgIpc) is 2.75. The molecule has 1 heterocycles. The van der Waals surface area contributed by atoms with Crippen molar-refractivity contribution in [2.24, 2.45) is 0 Å². The fourth-order valence-electron chi connectivity index (χ4n) is 2.00. The summed E-state index contributed by atoms with van der Waals surface area (Å²) in [5.41, 5.74) is 9.29.